The molecule has 1 aromatic heterocycles. The van der Waals surface area contributed by atoms with E-state index < -0.39 is 0 Å². The summed E-state index contributed by atoms with van der Waals surface area (Å²) in [5, 5.41) is 0. The molecule has 0 bridgehead atoms. The first-order valence-corrected chi connectivity index (χ1v) is 12.4. The van der Waals surface area contributed by atoms with Crippen molar-refractivity contribution in [3.8, 4) is 17.1 Å². The lowest BCUT2D eigenvalue weighted by Gasteiger charge is -2.10. The predicted molar refractivity (Wildman–Crippen MR) is 128 cm³/mol. The third kappa shape index (κ3) is 9.80. The lowest BCUT2D eigenvalue weighted by molar-refractivity contribution is 0.288. The number of nitrogens with zero attached hydrogens (tertiary/aromatic N) is 2. The van der Waals surface area contributed by atoms with Gasteiger partial charge in [-0.1, -0.05) is 78.6 Å². The van der Waals surface area contributed by atoms with Crippen LogP contribution in [0.15, 0.2) is 30.6 Å². The second kappa shape index (κ2) is 14.9. The van der Waals surface area contributed by atoms with Crippen molar-refractivity contribution in [2.45, 2.75) is 97.8 Å². The van der Waals surface area contributed by atoms with Crippen molar-refractivity contribution in [1.82, 2.24) is 9.97 Å². The molecule has 1 aromatic carbocycles. The van der Waals surface area contributed by atoms with Crippen LogP contribution >= 0.6 is 0 Å². The van der Waals surface area contributed by atoms with Gasteiger partial charge in [0, 0.05) is 18.0 Å². The average molecular weight is 429 g/mol. The van der Waals surface area contributed by atoms with E-state index in [-0.39, 0.29) is 5.82 Å². The van der Waals surface area contributed by atoms with E-state index in [2.05, 4.69) is 30.7 Å². The van der Waals surface area contributed by atoms with Crippen molar-refractivity contribution in [2.24, 2.45) is 5.92 Å². The Kier molecular flexibility index (Phi) is 12.2. The normalized spacial score (nSPS) is 12.1. The third-order valence-corrected chi connectivity index (χ3v) is 6.01. The Labute approximate surface area is 188 Å². The van der Waals surface area contributed by atoms with Crippen LogP contribution in [0, 0.1) is 11.7 Å². The van der Waals surface area contributed by atoms with Crippen molar-refractivity contribution in [3.63, 3.8) is 0 Å². The SMILES string of the molecule is CCCCCCCCc1cnc(-c2ccc(OCCCCC[C@@H](C)CC)c(F)c2)nc1. The molecule has 0 saturated heterocycles. The van der Waals surface area contributed by atoms with E-state index in [9.17, 15) is 4.39 Å². The molecule has 0 aliphatic carbocycles. The molecule has 2 aromatic rings. The van der Waals surface area contributed by atoms with Crippen molar-refractivity contribution in [2.75, 3.05) is 6.61 Å². The number of hydrogen-bond acceptors (Lipinski definition) is 3. The fourth-order valence-electron chi connectivity index (χ4n) is 3.66. The van der Waals surface area contributed by atoms with Crippen LogP contribution in [0.2, 0.25) is 0 Å². The lowest BCUT2D eigenvalue weighted by Crippen LogP contribution is -2.00. The third-order valence-electron chi connectivity index (χ3n) is 6.01. The first-order valence-electron chi connectivity index (χ1n) is 12.4. The smallest absolute Gasteiger partial charge is 0.165 e. The second-order valence-electron chi connectivity index (χ2n) is 8.79. The van der Waals surface area contributed by atoms with Crippen LogP contribution in [-0.2, 0) is 6.42 Å². The molecule has 31 heavy (non-hydrogen) atoms. The Balaban J connectivity index is 1.75. The zero-order chi connectivity index (χ0) is 22.3. The molecule has 4 heteroatoms. The largest absolute Gasteiger partial charge is 0.491 e. The van der Waals surface area contributed by atoms with Crippen LogP contribution in [0.3, 0.4) is 0 Å². The minimum absolute atomic E-state index is 0.311. The first kappa shape index (κ1) is 25.3. The highest BCUT2D eigenvalue weighted by atomic mass is 19.1. The van der Waals surface area contributed by atoms with E-state index in [1.54, 1.807) is 6.07 Å². The van der Waals surface area contributed by atoms with Gasteiger partial charge in [-0.05, 0) is 48.9 Å². The van der Waals surface area contributed by atoms with Gasteiger partial charge in [0.25, 0.3) is 0 Å². The molecule has 0 fully saturated rings. The minimum Gasteiger partial charge on any atom is -0.491 e. The van der Waals surface area contributed by atoms with Crippen molar-refractivity contribution in [3.05, 3.63) is 42.0 Å². The zero-order valence-corrected chi connectivity index (χ0v) is 19.8. The molecule has 0 aliphatic rings. The van der Waals surface area contributed by atoms with Crippen LogP contribution in [0.5, 0.6) is 5.75 Å². The van der Waals surface area contributed by atoms with Gasteiger partial charge in [-0.25, -0.2) is 14.4 Å². The number of unbranched alkanes of at least 4 members (excludes halogenated alkanes) is 7. The van der Waals surface area contributed by atoms with E-state index in [1.807, 2.05) is 18.5 Å². The standard InChI is InChI=1S/C27H41FN2O/c1-4-6-7-8-9-12-15-23-20-29-27(30-21-23)24-16-17-26(25(28)19-24)31-18-13-10-11-14-22(3)5-2/h16-17,19-22H,4-15,18H2,1-3H3/t22-/m0/s1. The molecule has 2 rings (SSSR count). The summed E-state index contributed by atoms with van der Waals surface area (Å²) in [6.07, 6.45) is 18.2. The first-order chi connectivity index (χ1) is 15.1. The Morgan fingerprint density at radius 3 is 2.32 bits per heavy atom. The summed E-state index contributed by atoms with van der Waals surface area (Å²) >= 11 is 0. The van der Waals surface area contributed by atoms with Gasteiger partial charge in [0.2, 0.25) is 0 Å². The Hall–Kier alpha value is -1.97. The maximum absolute atomic E-state index is 14.5. The van der Waals surface area contributed by atoms with E-state index in [1.165, 1.54) is 63.9 Å². The number of ether oxygens (including phenoxy) is 1. The van der Waals surface area contributed by atoms with E-state index in [0.717, 1.165) is 30.7 Å². The fraction of sp³-hybridized carbons (Fsp3) is 0.630. The molecule has 0 spiro atoms. The highest BCUT2D eigenvalue weighted by molar-refractivity contribution is 5.56. The molecule has 172 valence electrons. The van der Waals surface area contributed by atoms with Gasteiger partial charge in [-0.2, -0.15) is 0 Å². The highest BCUT2D eigenvalue weighted by Crippen LogP contribution is 2.24. The summed E-state index contributed by atoms with van der Waals surface area (Å²) < 4.78 is 20.1. The van der Waals surface area contributed by atoms with Crippen LogP contribution in [0.4, 0.5) is 4.39 Å². The maximum Gasteiger partial charge on any atom is 0.165 e. The molecule has 1 heterocycles. The predicted octanol–water partition coefficient (Wildman–Crippen LogP) is 8.17. The molecule has 0 N–H and O–H groups in total. The summed E-state index contributed by atoms with van der Waals surface area (Å²) in [5.41, 5.74) is 1.83. The molecule has 0 unspecified atom stereocenters. The summed E-state index contributed by atoms with van der Waals surface area (Å²) in [6, 6.07) is 5.00. The van der Waals surface area contributed by atoms with Gasteiger partial charge in [0.15, 0.2) is 17.4 Å². The van der Waals surface area contributed by atoms with Crippen LogP contribution in [0.25, 0.3) is 11.4 Å². The zero-order valence-electron chi connectivity index (χ0n) is 19.8. The summed E-state index contributed by atoms with van der Waals surface area (Å²) in [6.45, 7) is 7.32. The molecular weight excluding hydrogens is 387 g/mol. The van der Waals surface area contributed by atoms with Gasteiger partial charge in [-0.15, -0.1) is 0 Å². The summed E-state index contributed by atoms with van der Waals surface area (Å²) in [5.74, 6) is 1.31. The number of rotatable bonds is 16. The number of aromatic nitrogens is 2. The van der Waals surface area contributed by atoms with E-state index in [0.29, 0.717) is 23.7 Å². The molecule has 1 atom stereocenters. The van der Waals surface area contributed by atoms with Crippen molar-refractivity contribution >= 4 is 0 Å². The quantitative estimate of drug-likeness (QED) is 0.253. The Bertz CT molecular complexity index is 733. The number of aryl methyl sites for hydroxylation is 1. The number of benzene rings is 1. The molecule has 3 nitrogen and oxygen atoms in total. The van der Waals surface area contributed by atoms with Crippen LogP contribution in [-0.4, -0.2) is 16.6 Å². The second-order valence-corrected chi connectivity index (χ2v) is 8.79. The molecule has 0 radical (unpaired) electrons. The lowest BCUT2D eigenvalue weighted by atomic mass is 10.0. The molecule has 0 saturated carbocycles. The van der Waals surface area contributed by atoms with Gasteiger partial charge < -0.3 is 4.74 Å². The van der Waals surface area contributed by atoms with Gasteiger partial charge >= 0.3 is 0 Å². The molecule has 0 aliphatic heterocycles. The summed E-state index contributed by atoms with van der Waals surface area (Å²) in [7, 11) is 0. The number of halogens is 1. The van der Waals surface area contributed by atoms with Crippen molar-refractivity contribution < 1.29 is 9.13 Å². The molecular formula is C27H41FN2O. The Morgan fingerprint density at radius 2 is 1.61 bits per heavy atom. The minimum atomic E-state index is -0.350. The number of hydrogen-bond donors (Lipinski definition) is 0. The average Bonchev–Trinajstić information content (AvgIpc) is 2.79. The fourth-order valence-corrected chi connectivity index (χ4v) is 3.66. The van der Waals surface area contributed by atoms with Gasteiger partial charge in [0.05, 0.1) is 6.61 Å². The van der Waals surface area contributed by atoms with Gasteiger partial charge in [-0.3, -0.25) is 0 Å². The van der Waals surface area contributed by atoms with Crippen molar-refractivity contribution in [1.29, 1.82) is 0 Å². The Morgan fingerprint density at radius 1 is 0.903 bits per heavy atom. The topological polar surface area (TPSA) is 35.0 Å². The van der Waals surface area contributed by atoms with Crippen LogP contribution < -0.4 is 4.74 Å². The monoisotopic (exact) mass is 428 g/mol. The highest BCUT2D eigenvalue weighted by Gasteiger charge is 2.09. The maximum atomic E-state index is 14.5. The summed E-state index contributed by atoms with van der Waals surface area (Å²) in [4.78, 5) is 8.89. The van der Waals surface area contributed by atoms with Crippen LogP contribution in [0.1, 0.15) is 97.0 Å². The van der Waals surface area contributed by atoms with Gasteiger partial charge in [0.1, 0.15) is 0 Å². The van der Waals surface area contributed by atoms with E-state index in [4.69, 9.17) is 4.74 Å². The molecule has 0 amide bonds. The van der Waals surface area contributed by atoms with E-state index >= 15 is 0 Å².